The first-order valence-electron chi connectivity index (χ1n) is 4.56. The zero-order chi connectivity index (χ0) is 10.6. The molecule has 0 spiro atoms. The van der Waals surface area contributed by atoms with Crippen molar-refractivity contribution in [2.24, 2.45) is 0 Å². The van der Waals surface area contributed by atoms with E-state index in [4.69, 9.17) is 5.26 Å². The summed E-state index contributed by atoms with van der Waals surface area (Å²) in [6.45, 7) is 1.52. The van der Waals surface area contributed by atoms with Gasteiger partial charge in [-0.25, -0.2) is 4.39 Å². The molecule has 0 aromatic carbocycles. The summed E-state index contributed by atoms with van der Waals surface area (Å²) in [5.74, 6) is 0.108. The van der Waals surface area contributed by atoms with Crippen LogP contribution in [0, 0.1) is 11.3 Å². The summed E-state index contributed by atoms with van der Waals surface area (Å²) < 4.78 is 13.2. The van der Waals surface area contributed by atoms with Crippen molar-refractivity contribution in [3.8, 4) is 6.07 Å². The van der Waals surface area contributed by atoms with E-state index in [-0.39, 0.29) is 17.8 Å². The fraction of sp³-hybridized carbons (Fsp3) is 0.455. The Labute approximate surface area is 82.7 Å². The lowest BCUT2D eigenvalue weighted by Crippen LogP contribution is -2.09. The molecule has 1 aliphatic carbocycles. The number of nitriles is 1. The molecule has 0 heterocycles. The zero-order valence-corrected chi connectivity index (χ0v) is 8.09. The number of carbonyl (C=O) groups is 1. The first-order chi connectivity index (χ1) is 6.63. The molecule has 0 bridgehead atoms. The third-order valence-corrected chi connectivity index (χ3v) is 2.20. The Balaban J connectivity index is 2.58. The molecule has 0 saturated carbocycles. The van der Waals surface area contributed by atoms with Crippen LogP contribution in [0.5, 0.6) is 0 Å². The van der Waals surface area contributed by atoms with E-state index in [0.29, 0.717) is 12.8 Å². The van der Waals surface area contributed by atoms with Crippen LogP contribution in [-0.4, -0.2) is 12.0 Å². The number of Topliss-reactive ketones (excluding diaryl/α,β-unsaturated/α-hetero) is 1. The Morgan fingerprint density at radius 1 is 1.71 bits per heavy atom. The molecule has 1 rings (SSSR count). The van der Waals surface area contributed by atoms with Crippen molar-refractivity contribution in [2.75, 3.05) is 0 Å². The summed E-state index contributed by atoms with van der Waals surface area (Å²) in [5, 5.41) is 8.52. The van der Waals surface area contributed by atoms with Gasteiger partial charge in [0.2, 0.25) is 0 Å². The summed E-state index contributed by atoms with van der Waals surface area (Å²) in [4.78, 5) is 10.7. The number of carbonyl (C=O) groups excluding carboxylic acids is 1. The highest BCUT2D eigenvalue weighted by Crippen LogP contribution is 2.24. The first-order valence-corrected chi connectivity index (χ1v) is 4.56. The van der Waals surface area contributed by atoms with Crippen LogP contribution in [0.2, 0.25) is 0 Å². The highest BCUT2D eigenvalue weighted by Gasteiger charge is 2.18. The predicted octanol–water partition coefficient (Wildman–Crippen LogP) is 2.47. The van der Waals surface area contributed by atoms with Gasteiger partial charge in [-0.15, -0.1) is 0 Å². The van der Waals surface area contributed by atoms with Crippen LogP contribution in [-0.2, 0) is 4.79 Å². The number of halogens is 1. The Bertz CT molecular complexity index is 336. The van der Waals surface area contributed by atoms with Crippen LogP contribution in [0.25, 0.3) is 0 Å². The number of allylic oxidation sites excluding steroid dienone is 4. The molecular formula is C11H12FNO. The van der Waals surface area contributed by atoms with E-state index in [2.05, 4.69) is 0 Å². The minimum atomic E-state index is -1.19. The number of hydrogen-bond donors (Lipinski definition) is 0. The third-order valence-electron chi connectivity index (χ3n) is 2.20. The van der Waals surface area contributed by atoms with Crippen LogP contribution in [0.4, 0.5) is 4.39 Å². The molecule has 1 aliphatic rings. The van der Waals surface area contributed by atoms with Gasteiger partial charge in [0.25, 0.3) is 0 Å². The highest BCUT2D eigenvalue weighted by molar-refractivity contribution is 5.75. The molecule has 0 aromatic heterocycles. The molecule has 14 heavy (non-hydrogen) atoms. The molecule has 1 atom stereocenters. The van der Waals surface area contributed by atoms with E-state index in [1.807, 2.05) is 6.07 Å². The molecule has 1 unspecified atom stereocenters. The molecule has 74 valence electrons. The number of rotatable bonds is 3. The second-order valence-electron chi connectivity index (χ2n) is 3.43. The molecule has 0 radical (unpaired) electrons. The van der Waals surface area contributed by atoms with Gasteiger partial charge in [-0.2, -0.15) is 5.26 Å². The average molecular weight is 193 g/mol. The maximum Gasteiger partial charge on any atom is 0.139 e. The van der Waals surface area contributed by atoms with Crippen molar-refractivity contribution in [2.45, 2.75) is 32.4 Å². The topological polar surface area (TPSA) is 40.9 Å². The molecule has 0 amide bonds. The van der Waals surface area contributed by atoms with Crippen molar-refractivity contribution >= 4 is 5.78 Å². The van der Waals surface area contributed by atoms with Gasteiger partial charge >= 0.3 is 0 Å². The Kier molecular flexibility index (Phi) is 3.58. The lowest BCUT2D eigenvalue weighted by atomic mass is 9.94. The summed E-state index contributed by atoms with van der Waals surface area (Å²) in [6.07, 6.45) is 3.37. The molecule has 3 heteroatoms. The second kappa shape index (κ2) is 4.71. The van der Waals surface area contributed by atoms with E-state index in [0.717, 1.165) is 5.57 Å². The van der Waals surface area contributed by atoms with Crippen LogP contribution in [0.1, 0.15) is 26.2 Å². The van der Waals surface area contributed by atoms with Gasteiger partial charge < -0.3 is 4.79 Å². The number of ketones is 1. The van der Waals surface area contributed by atoms with Crippen molar-refractivity contribution in [1.29, 1.82) is 5.26 Å². The molecule has 2 nitrogen and oxygen atoms in total. The average Bonchev–Trinajstić information content (AvgIpc) is 2.15. The van der Waals surface area contributed by atoms with Gasteiger partial charge in [-0.1, -0.05) is 11.6 Å². The van der Waals surface area contributed by atoms with Gasteiger partial charge in [0, 0.05) is 12.8 Å². The van der Waals surface area contributed by atoms with Gasteiger partial charge in [0.1, 0.15) is 12.0 Å². The van der Waals surface area contributed by atoms with Gasteiger partial charge in [0.05, 0.1) is 11.6 Å². The largest absolute Gasteiger partial charge is 0.300 e. The van der Waals surface area contributed by atoms with Crippen LogP contribution in [0.15, 0.2) is 23.3 Å². The van der Waals surface area contributed by atoms with E-state index < -0.39 is 6.17 Å². The zero-order valence-electron chi connectivity index (χ0n) is 8.09. The summed E-state index contributed by atoms with van der Waals surface area (Å²) in [5.41, 5.74) is 1.09. The van der Waals surface area contributed by atoms with E-state index >= 15 is 0 Å². The molecule has 0 saturated heterocycles. The normalized spacial score (nSPS) is 20.8. The smallest absolute Gasteiger partial charge is 0.139 e. The Morgan fingerprint density at radius 3 is 2.93 bits per heavy atom. The van der Waals surface area contributed by atoms with Gasteiger partial charge in [-0.3, -0.25) is 0 Å². The summed E-state index contributed by atoms with van der Waals surface area (Å²) >= 11 is 0. The molecule has 0 aromatic rings. The summed E-state index contributed by atoms with van der Waals surface area (Å²) in [7, 11) is 0. The SMILES string of the molecule is CC(=O)CCC1=CC=C(C#N)C(F)C1. The van der Waals surface area contributed by atoms with Gasteiger partial charge in [0.15, 0.2) is 0 Å². The van der Waals surface area contributed by atoms with Gasteiger partial charge in [-0.05, 0) is 19.4 Å². The van der Waals surface area contributed by atoms with Crippen LogP contribution in [0.3, 0.4) is 0 Å². The van der Waals surface area contributed by atoms with Crippen molar-refractivity contribution < 1.29 is 9.18 Å². The molecular weight excluding hydrogens is 181 g/mol. The number of alkyl halides is 1. The number of hydrogen-bond acceptors (Lipinski definition) is 2. The van der Waals surface area contributed by atoms with E-state index in [1.165, 1.54) is 13.0 Å². The quantitative estimate of drug-likeness (QED) is 0.690. The molecule has 0 aliphatic heterocycles. The number of nitrogens with zero attached hydrogens (tertiary/aromatic N) is 1. The minimum absolute atomic E-state index is 0.108. The molecule has 0 fully saturated rings. The Hall–Kier alpha value is -1.43. The van der Waals surface area contributed by atoms with E-state index in [9.17, 15) is 9.18 Å². The van der Waals surface area contributed by atoms with E-state index in [1.54, 1.807) is 6.08 Å². The van der Waals surface area contributed by atoms with Crippen molar-refractivity contribution in [1.82, 2.24) is 0 Å². The lowest BCUT2D eigenvalue weighted by molar-refractivity contribution is -0.116. The maximum atomic E-state index is 13.2. The standard InChI is InChI=1S/C11H12FNO/c1-8(14)2-3-9-4-5-10(7-13)11(12)6-9/h4-5,11H,2-3,6H2,1H3. The highest BCUT2D eigenvalue weighted by atomic mass is 19.1. The fourth-order valence-corrected chi connectivity index (χ4v) is 1.35. The lowest BCUT2D eigenvalue weighted by Gasteiger charge is -2.14. The fourth-order valence-electron chi connectivity index (χ4n) is 1.35. The van der Waals surface area contributed by atoms with Crippen LogP contribution < -0.4 is 0 Å². The van der Waals surface area contributed by atoms with Crippen molar-refractivity contribution in [3.63, 3.8) is 0 Å². The second-order valence-corrected chi connectivity index (χ2v) is 3.43. The first kappa shape index (κ1) is 10.6. The summed E-state index contributed by atoms with van der Waals surface area (Å²) in [6, 6.07) is 1.81. The maximum absolute atomic E-state index is 13.2. The monoisotopic (exact) mass is 193 g/mol. The minimum Gasteiger partial charge on any atom is -0.300 e. The van der Waals surface area contributed by atoms with Crippen LogP contribution >= 0.6 is 0 Å². The Morgan fingerprint density at radius 2 is 2.43 bits per heavy atom. The van der Waals surface area contributed by atoms with Crippen molar-refractivity contribution in [3.05, 3.63) is 23.3 Å². The molecule has 0 N–H and O–H groups in total. The predicted molar refractivity (Wildman–Crippen MR) is 51.2 cm³/mol. The third kappa shape index (κ3) is 2.81.